The van der Waals surface area contributed by atoms with Crippen LogP contribution in [0.2, 0.25) is 0 Å². The predicted octanol–water partition coefficient (Wildman–Crippen LogP) is 1.62. The van der Waals surface area contributed by atoms with E-state index in [4.69, 9.17) is 10.5 Å². The maximum absolute atomic E-state index is 12.3. The highest BCUT2D eigenvalue weighted by atomic mass is 16.5. The van der Waals surface area contributed by atoms with Gasteiger partial charge in [-0.2, -0.15) is 0 Å². The lowest BCUT2D eigenvalue weighted by Gasteiger charge is -2.13. The molecule has 2 aromatic rings. The normalized spacial score (nSPS) is 10.2. The molecule has 1 aromatic carbocycles. The lowest BCUT2D eigenvalue weighted by Crippen LogP contribution is -2.18. The van der Waals surface area contributed by atoms with Crippen molar-refractivity contribution in [2.75, 3.05) is 17.7 Å². The number of nitrogen functional groups attached to an aromatic ring is 1. The smallest absolute Gasteiger partial charge is 0.259 e. The fourth-order valence-corrected chi connectivity index (χ4v) is 1.91. The molecule has 2 rings (SSSR count). The number of ether oxygens (including phenoxy) is 1. The minimum Gasteiger partial charge on any atom is -0.491 e. The molecule has 0 bridgehead atoms. The van der Waals surface area contributed by atoms with E-state index in [1.165, 1.54) is 10.6 Å². The third-order valence-corrected chi connectivity index (χ3v) is 2.92. The molecule has 1 heterocycles. The lowest BCUT2D eigenvalue weighted by atomic mass is 10.1. The number of rotatable bonds is 4. The molecule has 0 aliphatic carbocycles. The molecule has 0 radical (unpaired) electrons. The van der Waals surface area contributed by atoms with Gasteiger partial charge in [0.25, 0.3) is 5.91 Å². The van der Waals surface area contributed by atoms with Gasteiger partial charge in [-0.3, -0.25) is 9.59 Å². The summed E-state index contributed by atoms with van der Waals surface area (Å²) in [6.07, 6.45) is 1.55. The number of amides is 1. The molecule has 0 atom stereocenters. The quantitative estimate of drug-likeness (QED) is 0.837. The molecule has 6 heteroatoms. The van der Waals surface area contributed by atoms with E-state index in [1.54, 1.807) is 37.5 Å². The molecule has 0 aliphatic heterocycles. The van der Waals surface area contributed by atoms with Gasteiger partial charge in [0, 0.05) is 19.3 Å². The van der Waals surface area contributed by atoms with Gasteiger partial charge in [-0.25, -0.2) is 0 Å². The zero-order chi connectivity index (χ0) is 15.4. The number of carbonyl (C=O) groups excluding carboxylic acids is 1. The van der Waals surface area contributed by atoms with Crippen LogP contribution in [0.5, 0.6) is 5.75 Å². The van der Waals surface area contributed by atoms with Crippen LogP contribution in [0.25, 0.3) is 0 Å². The summed E-state index contributed by atoms with van der Waals surface area (Å²) in [4.78, 5) is 23.6. The molecule has 1 aromatic heterocycles. The van der Waals surface area contributed by atoms with E-state index in [9.17, 15) is 9.59 Å². The number of hydrogen-bond acceptors (Lipinski definition) is 4. The molecule has 6 nitrogen and oxygen atoms in total. The number of benzene rings is 1. The monoisotopic (exact) mass is 287 g/mol. The van der Waals surface area contributed by atoms with Gasteiger partial charge in [0.2, 0.25) is 5.56 Å². The molecule has 1 amide bonds. The van der Waals surface area contributed by atoms with Gasteiger partial charge in [-0.05, 0) is 25.1 Å². The van der Waals surface area contributed by atoms with Crippen LogP contribution in [-0.2, 0) is 7.05 Å². The number of carbonyl (C=O) groups is 1. The standard InChI is InChI=1S/C15H17N3O3/c1-3-21-14-11(5-4-6-12(14)16)15(20)17-10-7-8-13(19)18(2)9-10/h4-9H,3,16H2,1-2H3,(H,17,20). The number of nitrogens with zero attached hydrogens (tertiary/aromatic N) is 1. The summed E-state index contributed by atoms with van der Waals surface area (Å²) in [5, 5.41) is 2.72. The summed E-state index contributed by atoms with van der Waals surface area (Å²) in [6, 6.07) is 7.94. The van der Waals surface area contributed by atoms with E-state index < -0.39 is 0 Å². The van der Waals surface area contributed by atoms with E-state index >= 15 is 0 Å². The first kappa shape index (κ1) is 14.6. The molecule has 110 valence electrons. The first-order chi connectivity index (χ1) is 10.0. The van der Waals surface area contributed by atoms with Crippen LogP contribution in [-0.4, -0.2) is 17.1 Å². The van der Waals surface area contributed by atoms with E-state index in [0.29, 0.717) is 29.3 Å². The Labute approximate surface area is 122 Å². The van der Waals surface area contributed by atoms with Crippen LogP contribution in [0.3, 0.4) is 0 Å². The molecule has 0 fully saturated rings. The van der Waals surface area contributed by atoms with Gasteiger partial charge in [0.05, 0.1) is 23.5 Å². The predicted molar refractivity (Wildman–Crippen MR) is 81.7 cm³/mol. The van der Waals surface area contributed by atoms with Gasteiger partial charge in [0.1, 0.15) is 0 Å². The molecule has 0 aliphatic rings. The highest BCUT2D eigenvalue weighted by molar-refractivity contribution is 6.07. The summed E-state index contributed by atoms with van der Waals surface area (Å²) in [5.41, 5.74) is 6.97. The van der Waals surface area contributed by atoms with Crippen molar-refractivity contribution in [1.82, 2.24) is 4.57 Å². The van der Waals surface area contributed by atoms with Crippen molar-refractivity contribution in [1.29, 1.82) is 0 Å². The summed E-state index contributed by atoms with van der Waals surface area (Å²) in [7, 11) is 1.62. The van der Waals surface area contributed by atoms with Crippen LogP contribution < -0.4 is 21.3 Å². The van der Waals surface area contributed by atoms with Gasteiger partial charge in [-0.1, -0.05) is 6.07 Å². The zero-order valence-electron chi connectivity index (χ0n) is 11.9. The van der Waals surface area contributed by atoms with Gasteiger partial charge >= 0.3 is 0 Å². The first-order valence-electron chi connectivity index (χ1n) is 6.52. The molecule has 0 saturated heterocycles. The number of para-hydroxylation sites is 1. The van der Waals surface area contributed by atoms with E-state index in [0.717, 1.165) is 0 Å². The molecule has 3 N–H and O–H groups in total. The largest absolute Gasteiger partial charge is 0.491 e. The third kappa shape index (κ3) is 3.22. The third-order valence-electron chi connectivity index (χ3n) is 2.92. The number of aryl methyl sites for hydroxylation is 1. The average molecular weight is 287 g/mol. The second-order valence-electron chi connectivity index (χ2n) is 4.48. The van der Waals surface area contributed by atoms with Crippen molar-refractivity contribution in [3.05, 3.63) is 52.4 Å². The second-order valence-corrected chi connectivity index (χ2v) is 4.48. The molecule has 0 spiro atoms. The Morgan fingerprint density at radius 2 is 2.10 bits per heavy atom. The topological polar surface area (TPSA) is 86.3 Å². The Morgan fingerprint density at radius 1 is 1.33 bits per heavy atom. The second kappa shape index (κ2) is 6.13. The molecule has 21 heavy (non-hydrogen) atoms. The van der Waals surface area contributed by atoms with Crippen molar-refractivity contribution >= 4 is 17.3 Å². The lowest BCUT2D eigenvalue weighted by molar-refractivity contribution is 0.102. The van der Waals surface area contributed by atoms with Gasteiger partial charge in [-0.15, -0.1) is 0 Å². The fourth-order valence-electron chi connectivity index (χ4n) is 1.91. The fraction of sp³-hybridized carbons (Fsp3) is 0.200. The first-order valence-corrected chi connectivity index (χ1v) is 6.52. The molecule has 0 unspecified atom stereocenters. The maximum atomic E-state index is 12.3. The summed E-state index contributed by atoms with van der Waals surface area (Å²) >= 11 is 0. The number of aromatic nitrogens is 1. The summed E-state index contributed by atoms with van der Waals surface area (Å²) < 4.78 is 6.82. The molecule has 0 saturated carbocycles. The van der Waals surface area contributed by atoms with Crippen molar-refractivity contribution in [3.63, 3.8) is 0 Å². The Balaban J connectivity index is 2.30. The summed E-state index contributed by atoms with van der Waals surface area (Å²) in [5.74, 6) is 0.0201. The maximum Gasteiger partial charge on any atom is 0.259 e. The van der Waals surface area contributed by atoms with Crippen molar-refractivity contribution in [2.45, 2.75) is 6.92 Å². The number of pyridine rings is 1. The Morgan fingerprint density at radius 3 is 2.76 bits per heavy atom. The van der Waals surface area contributed by atoms with Crippen molar-refractivity contribution in [3.8, 4) is 5.75 Å². The molecular formula is C15H17N3O3. The average Bonchev–Trinajstić information content (AvgIpc) is 2.45. The Kier molecular flexibility index (Phi) is 4.27. The van der Waals surface area contributed by atoms with E-state index in [1.807, 2.05) is 6.92 Å². The number of nitrogens with one attached hydrogen (secondary N) is 1. The SMILES string of the molecule is CCOc1c(N)cccc1C(=O)Nc1ccc(=O)n(C)c1. The number of anilines is 2. The van der Waals surface area contributed by atoms with E-state index in [2.05, 4.69) is 5.32 Å². The van der Waals surface area contributed by atoms with Crippen molar-refractivity contribution in [2.24, 2.45) is 7.05 Å². The van der Waals surface area contributed by atoms with Crippen LogP contribution in [0.1, 0.15) is 17.3 Å². The highest BCUT2D eigenvalue weighted by Crippen LogP contribution is 2.27. The van der Waals surface area contributed by atoms with Crippen LogP contribution >= 0.6 is 0 Å². The highest BCUT2D eigenvalue weighted by Gasteiger charge is 2.15. The van der Waals surface area contributed by atoms with Crippen LogP contribution in [0.4, 0.5) is 11.4 Å². The zero-order valence-corrected chi connectivity index (χ0v) is 11.9. The molecular weight excluding hydrogens is 270 g/mol. The van der Waals surface area contributed by atoms with E-state index in [-0.39, 0.29) is 11.5 Å². The minimum atomic E-state index is -0.343. The van der Waals surface area contributed by atoms with Crippen LogP contribution in [0, 0.1) is 0 Å². The van der Waals surface area contributed by atoms with Crippen LogP contribution in [0.15, 0.2) is 41.3 Å². The minimum absolute atomic E-state index is 0.146. The number of hydrogen-bond donors (Lipinski definition) is 2. The van der Waals surface area contributed by atoms with Crippen molar-refractivity contribution < 1.29 is 9.53 Å². The Hall–Kier alpha value is -2.76. The van der Waals surface area contributed by atoms with Gasteiger partial charge < -0.3 is 20.4 Å². The summed E-state index contributed by atoms with van der Waals surface area (Å²) in [6.45, 7) is 2.23. The number of nitrogens with two attached hydrogens (primary N) is 1. The van der Waals surface area contributed by atoms with Gasteiger partial charge in [0.15, 0.2) is 5.75 Å². The Bertz CT molecular complexity index is 722.